The molecular weight excluding hydrogens is 266 g/mol. The third kappa shape index (κ3) is 3.09. The van der Waals surface area contributed by atoms with Crippen LogP contribution < -0.4 is 5.32 Å². The quantitative estimate of drug-likeness (QED) is 0.678. The van der Waals surface area contributed by atoms with E-state index in [2.05, 4.69) is 5.32 Å². The molecule has 4 nitrogen and oxygen atoms in total. The number of nitrogens with one attached hydrogen (secondary N) is 1. The first-order chi connectivity index (χ1) is 9.47. The van der Waals surface area contributed by atoms with E-state index in [1.807, 2.05) is 0 Å². The van der Waals surface area contributed by atoms with Gasteiger partial charge in [-0.1, -0.05) is 12.1 Å². The zero-order valence-corrected chi connectivity index (χ0v) is 10.6. The van der Waals surface area contributed by atoms with Crippen LogP contribution in [0.1, 0.15) is 18.5 Å². The molecular formula is C14H12F2N2O2. The summed E-state index contributed by atoms with van der Waals surface area (Å²) in [6, 6.07) is 8.70. The third-order valence-corrected chi connectivity index (χ3v) is 2.88. The normalized spacial score (nSPS) is 11.9. The lowest BCUT2D eigenvalue weighted by molar-refractivity contribution is -0.384. The van der Waals surface area contributed by atoms with Gasteiger partial charge in [0.25, 0.3) is 5.69 Å². The molecule has 104 valence electrons. The predicted octanol–water partition coefficient (Wildman–Crippen LogP) is 4.05. The molecule has 0 bridgehead atoms. The van der Waals surface area contributed by atoms with Gasteiger partial charge in [-0.2, -0.15) is 0 Å². The first-order valence-corrected chi connectivity index (χ1v) is 5.93. The summed E-state index contributed by atoms with van der Waals surface area (Å²) in [6.45, 7) is 1.71. The maximum atomic E-state index is 13.5. The minimum atomic E-state index is -0.580. The first kappa shape index (κ1) is 13.9. The largest absolute Gasteiger partial charge is 0.376 e. The maximum absolute atomic E-state index is 13.5. The molecule has 1 atom stereocenters. The van der Waals surface area contributed by atoms with E-state index in [-0.39, 0.29) is 11.4 Å². The molecule has 2 rings (SSSR count). The standard InChI is InChI=1S/C14H12F2N2O2/c1-9(10-3-2-4-12(7-10)18(19)20)17-14-8-11(15)5-6-13(14)16/h2-9,17H,1H3. The van der Waals surface area contributed by atoms with Crippen LogP contribution in [0.4, 0.5) is 20.2 Å². The van der Waals surface area contributed by atoms with Gasteiger partial charge in [0, 0.05) is 18.2 Å². The summed E-state index contributed by atoms with van der Waals surface area (Å²) < 4.78 is 26.6. The lowest BCUT2D eigenvalue weighted by Gasteiger charge is -2.16. The fraction of sp³-hybridized carbons (Fsp3) is 0.143. The number of hydrogen-bond donors (Lipinski definition) is 1. The number of nitrogens with zero attached hydrogens (tertiary/aromatic N) is 1. The summed E-state index contributed by atoms with van der Waals surface area (Å²) in [5.41, 5.74) is 0.586. The van der Waals surface area contributed by atoms with E-state index in [1.54, 1.807) is 19.1 Å². The number of non-ortho nitro benzene ring substituents is 1. The van der Waals surface area contributed by atoms with E-state index < -0.39 is 22.6 Å². The fourth-order valence-electron chi connectivity index (χ4n) is 1.83. The molecule has 0 saturated carbocycles. The van der Waals surface area contributed by atoms with E-state index in [9.17, 15) is 18.9 Å². The Balaban J connectivity index is 2.23. The SMILES string of the molecule is CC(Nc1cc(F)ccc1F)c1cccc([N+](=O)[O-])c1. The van der Waals surface area contributed by atoms with Crippen molar-refractivity contribution in [3.05, 3.63) is 69.8 Å². The summed E-state index contributed by atoms with van der Waals surface area (Å²) in [7, 11) is 0. The van der Waals surface area contributed by atoms with Gasteiger partial charge in [-0.05, 0) is 30.7 Å². The van der Waals surface area contributed by atoms with Crippen molar-refractivity contribution in [1.29, 1.82) is 0 Å². The van der Waals surface area contributed by atoms with Crippen molar-refractivity contribution in [2.24, 2.45) is 0 Å². The highest BCUT2D eigenvalue weighted by atomic mass is 19.1. The number of nitro benzene ring substituents is 1. The Morgan fingerprint density at radius 2 is 1.95 bits per heavy atom. The van der Waals surface area contributed by atoms with Crippen molar-refractivity contribution in [3.63, 3.8) is 0 Å². The summed E-state index contributed by atoms with van der Waals surface area (Å²) in [5.74, 6) is -1.14. The van der Waals surface area contributed by atoms with E-state index >= 15 is 0 Å². The van der Waals surface area contributed by atoms with Gasteiger partial charge in [0.05, 0.1) is 10.6 Å². The Morgan fingerprint density at radius 1 is 1.20 bits per heavy atom. The highest BCUT2D eigenvalue weighted by Crippen LogP contribution is 2.24. The van der Waals surface area contributed by atoms with E-state index in [4.69, 9.17) is 0 Å². The molecule has 0 aromatic heterocycles. The van der Waals surface area contributed by atoms with Gasteiger partial charge in [-0.3, -0.25) is 10.1 Å². The second kappa shape index (κ2) is 5.64. The fourth-order valence-corrected chi connectivity index (χ4v) is 1.83. The van der Waals surface area contributed by atoms with Gasteiger partial charge in [0.1, 0.15) is 11.6 Å². The van der Waals surface area contributed by atoms with Crippen LogP contribution in [0.25, 0.3) is 0 Å². The predicted molar refractivity (Wildman–Crippen MR) is 71.5 cm³/mol. The zero-order chi connectivity index (χ0) is 14.7. The van der Waals surface area contributed by atoms with Crippen molar-refractivity contribution < 1.29 is 13.7 Å². The molecule has 0 aliphatic heterocycles. The minimum absolute atomic E-state index is 0.0176. The molecule has 0 saturated heterocycles. The summed E-state index contributed by atoms with van der Waals surface area (Å²) >= 11 is 0. The van der Waals surface area contributed by atoms with Crippen LogP contribution in [0, 0.1) is 21.7 Å². The molecule has 6 heteroatoms. The molecule has 0 amide bonds. The van der Waals surface area contributed by atoms with Gasteiger partial charge >= 0.3 is 0 Å². The zero-order valence-electron chi connectivity index (χ0n) is 10.6. The number of rotatable bonds is 4. The van der Waals surface area contributed by atoms with Crippen LogP contribution in [-0.4, -0.2) is 4.92 Å². The average molecular weight is 278 g/mol. The second-order valence-electron chi connectivity index (χ2n) is 4.34. The number of nitro groups is 1. The number of hydrogen-bond acceptors (Lipinski definition) is 3. The minimum Gasteiger partial charge on any atom is -0.376 e. The Kier molecular flexibility index (Phi) is 3.93. The Hall–Kier alpha value is -2.50. The van der Waals surface area contributed by atoms with Crippen LogP contribution >= 0.6 is 0 Å². The maximum Gasteiger partial charge on any atom is 0.269 e. The monoisotopic (exact) mass is 278 g/mol. The lowest BCUT2D eigenvalue weighted by atomic mass is 10.1. The topological polar surface area (TPSA) is 55.2 Å². The van der Waals surface area contributed by atoms with E-state index in [1.165, 1.54) is 12.1 Å². The van der Waals surface area contributed by atoms with Crippen LogP contribution in [0.3, 0.4) is 0 Å². The molecule has 0 heterocycles. The average Bonchev–Trinajstić information content (AvgIpc) is 2.43. The Morgan fingerprint density at radius 3 is 2.65 bits per heavy atom. The van der Waals surface area contributed by atoms with Gasteiger partial charge in [0.2, 0.25) is 0 Å². The Bertz CT molecular complexity index is 647. The molecule has 0 aliphatic carbocycles. The second-order valence-corrected chi connectivity index (χ2v) is 4.34. The number of benzene rings is 2. The van der Waals surface area contributed by atoms with Gasteiger partial charge in [-0.25, -0.2) is 8.78 Å². The molecule has 2 aromatic rings. The van der Waals surface area contributed by atoms with Crippen molar-refractivity contribution in [2.45, 2.75) is 13.0 Å². The van der Waals surface area contributed by atoms with Crippen molar-refractivity contribution in [2.75, 3.05) is 5.32 Å². The number of anilines is 1. The van der Waals surface area contributed by atoms with Gasteiger partial charge in [-0.15, -0.1) is 0 Å². The van der Waals surface area contributed by atoms with E-state index in [0.29, 0.717) is 5.56 Å². The van der Waals surface area contributed by atoms with Crippen LogP contribution in [-0.2, 0) is 0 Å². The van der Waals surface area contributed by atoms with Gasteiger partial charge < -0.3 is 5.32 Å². The highest BCUT2D eigenvalue weighted by Gasteiger charge is 2.12. The Labute approximate surface area is 114 Å². The molecule has 1 N–H and O–H groups in total. The molecule has 0 radical (unpaired) electrons. The molecule has 0 aliphatic rings. The molecule has 20 heavy (non-hydrogen) atoms. The first-order valence-electron chi connectivity index (χ1n) is 5.93. The van der Waals surface area contributed by atoms with Crippen LogP contribution in [0.2, 0.25) is 0 Å². The van der Waals surface area contributed by atoms with E-state index in [0.717, 1.165) is 18.2 Å². The summed E-state index contributed by atoms with van der Waals surface area (Å²) in [5, 5.41) is 13.5. The van der Waals surface area contributed by atoms with Crippen LogP contribution in [0.5, 0.6) is 0 Å². The summed E-state index contributed by atoms with van der Waals surface area (Å²) in [6.07, 6.45) is 0. The van der Waals surface area contributed by atoms with Crippen molar-refractivity contribution >= 4 is 11.4 Å². The summed E-state index contributed by atoms with van der Waals surface area (Å²) in [4.78, 5) is 10.2. The molecule has 2 aromatic carbocycles. The lowest BCUT2D eigenvalue weighted by Crippen LogP contribution is -2.08. The molecule has 0 fully saturated rings. The van der Waals surface area contributed by atoms with Gasteiger partial charge in [0.15, 0.2) is 0 Å². The molecule has 0 spiro atoms. The van der Waals surface area contributed by atoms with Crippen molar-refractivity contribution in [3.8, 4) is 0 Å². The van der Waals surface area contributed by atoms with Crippen molar-refractivity contribution in [1.82, 2.24) is 0 Å². The smallest absolute Gasteiger partial charge is 0.269 e. The number of halogens is 2. The third-order valence-electron chi connectivity index (χ3n) is 2.88. The molecule has 1 unspecified atom stereocenters. The van der Waals surface area contributed by atoms with Crippen LogP contribution in [0.15, 0.2) is 42.5 Å². The highest BCUT2D eigenvalue weighted by molar-refractivity contribution is 5.48.